The molecule has 1 aromatic rings. The van der Waals surface area contributed by atoms with Crippen molar-refractivity contribution in [3.05, 3.63) is 24.3 Å². The third-order valence-electron chi connectivity index (χ3n) is 2.04. The Morgan fingerprint density at radius 3 is 2.73 bits per heavy atom. The van der Waals surface area contributed by atoms with Crippen LogP contribution in [0.3, 0.4) is 0 Å². The summed E-state index contributed by atoms with van der Waals surface area (Å²) in [6, 6.07) is 6.97. The van der Waals surface area contributed by atoms with Gasteiger partial charge in [0.05, 0.1) is 6.61 Å². The molecule has 4 heteroatoms. The van der Waals surface area contributed by atoms with Gasteiger partial charge in [0.15, 0.2) is 0 Å². The van der Waals surface area contributed by atoms with E-state index in [1.807, 2.05) is 6.07 Å². The molecule has 0 spiro atoms. The maximum absolute atomic E-state index is 9.39. The minimum Gasteiger partial charge on any atom is -0.506 e. The first kappa shape index (κ1) is 11.8. The molecule has 0 aliphatic heterocycles. The topological polar surface area (TPSA) is 67.5 Å². The first-order chi connectivity index (χ1) is 7.34. The van der Waals surface area contributed by atoms with Crippen LogP contribution in [0, 0.1) is 0 Å². The summed E-state index contributed by atoms with van der Waals surface area (Å²) >= 11 is 0. The first-order valence-electron chi connectivity index (χ1n) is 5.20. The fourth-order valence-electron chi connectivity index (χ4n) is 1.18. The Hall–Kier alpha value is -1.26. The molecule has 0 radical (unpaired) electrons. The summed E-state index contributed by atoms with van der Waals surface area (Å²) in [5.41, 5.74) is 8.67. The van der Waals surface area contributed by atoms with Gasteiger partial charge in [-0.15, -0.1) is 0 Å². The van der Waals surface area contributed by atoms with Gasteiger partial charge in [0, 0.05) is 0 Å². The second kappa shape index (κ2) is 7.09. The van der Waals surface area contributed by atoms with Crippen molar-refractivity contribution in [1.82, 2.24) is 0 Å². The number of phenolic OH excluding ortho intramolecular Hbond substituents is 1. The molecule has 0 saturated heterocycles. The van der Waals surface area contributed by atoms with Crippen molar-refractivity contribution < 1.29 is 9.94 Å². The smallest absolute Gasteiger partial charge is 0.140 e. The molecule has 0 saturated carbocycles. The number of anilines is 1. The molecule has 0 aliphatic rings. The summed E-state index contributed by atoms with van der Waals surface area (Å²) in [7, 11) is 0. The Morgan fingerprint density at radius 1 is 1.20 bits per heavy atom. The average Bonchev–Trinajstić information content (AvgIpc) is 2.25. The van der Waals surface area contributed by atoms with Crippen molar-refractivity contribution in [2.24, 2.45) is 5.73 Å². The lowest BCUT2D eigenvalue weighted by Crippen LogP contribution is -2.04. The lowest BCUT2D eigenvalue weighted by molar-refractivity contribution is 0.186. The lowest BCUT2D eigenvalue weighted by Gasteiger charge is -2.07. The van der Waals surface area contributed by atoms with Crippen LogP contribution in [0.25, 0.3) is 0 Å². The lowest BCUT2D eigenvalue weighted by atomic mass is 10.2. The van der Waals surface area contributed by atoms with E-state index >= 15 is 0 Å². The minimum atomic E-state index is 0.194. The van der Waals surface area contributed by atoms with Gasteiger partial charge in [-0.3, -0.25) is 10.3 Å². The van der Waals surface area contributed by atoms with E-state index in [1.54, 1.807) is 18.2 Å². The van der Waals surface area contributed by atoms with E-state index in [-0.39, 0.29) is 5.75 Å². The third kappa shape index (κ3) is 4.67. The number of aromatic hydroxyl groups is 1. The molecular formula is C11H18N2O2. The maximum Gasteiger partial charge on any atom is 0.140 e. The Balaban J connectivity index is 2.12. The Labute approximate surface area is 90.0 Å². The van der Waals surface area contributed by atoms with Crippen molar-refractivity contribution in [2.75, 3.05) is 18.6 Å². The Kier molecular flexibility index (Phi) is 5.58. The fraction of sp³-hybridized carbons (Fsp3) is 0.455. The molecule has 15 heavy (non-hydrogen) atoms. The number of nitrogens with one attached hydrogen (secondary N) is 1. The molecule has 0 aromatic heterocycles. The van der Waals surface area contributed by atoms with Gasteiger partial charge in [-0.2, -0.15) is 0 Å². The highest BCUT2D eigenvalue weighted by molar-refractivity contribution is 5.53. The van der Waals surface area contributed by atoms with E-state index in [9.17, 15) is 5.11 Å². The zero-order valence-electron chi connectivity index (χ0n) is 8.78. The molecule has 4 N–H and O–H groups in total. The molecule has 1 rings (SSSR count). The quantitative estimate of drug-likeness (QED) is 0.365. The van der Waals surface area contributed by atoms with E-state index in [2.05, 4.69) is 5.48 Å². The van der Waals surface area contributed by atoms with E-state index in [0.29, 0.717) is 12.3 Å². The maximum atomic E-state index is 9.39. The van der Waals surface area contributed by atoms with E-state index in [1.165, 1.54) is 0 Å². The monoisotopic (exact) mass is 210 g/mol. The van der Waals surface area contributed by atoms with Crippen LogP contribution in [0.2, 0.25) is 0 Å². The summed E-state index contributed by atoms with van der Waals surface area (Å²) in [6.45, 7) is 1.35. The van der Waals surface area contributed by atoms with E-state index in [4.69, 9.17) is 10.6 Å². The summed E-state index contributed by atoms with van der Waals surface area (Å²) in [4.78, 5) is 5.20. The average molecular weight is 210 g/mol. The molecule has 0 fully saturated rings. The second-order valence-corrected chi connectivity index (χ2v) is 3.32. The van der Waals surface area contributed by atoms with Crippen molar-refractivity contribution >= 4 is 5.69 Å². The molecule has 1 aromatic carbocycles. The molecule has 4 nitrogen and oxygen atoms in total. The van der Waals surface area contributed by atoms with Crippen LogP contribution in [0.1, 0.15) is 19.3 Å². The van der Waals surface area contributed by atoms with Gasteiger partial charge >= 0.3 is 0 Å². The van der Waals surface area contributed by atoms with Crippen molar-refractivity contribution in [2.45, 2.75) is 19.3 Å². The minimum absolute atomic E-state index is 0.194. The van der Waals surface area contributed by atoms with Gasteiger partial charge < -0.3 is 10.8 Å². The fourth-order valence-corrected chi connectivity index (χ4v) is 1.18. The zero-order chi connectivity index (χ0) is 10.9. The van der Waals surface area contributed by atoms with Gasteiger partial charge in [-0.05, 0) is 37.9 Å². The molecule has 0 amide bonds. The van der Waals surface area contributed by atoms with Crippen LogP contribution in [0.4, 0.5) is 5.69 Å². The first-order valence-corrected chi connectivity index (χ1v) is 5.20. The standard InChI is InChI=1S/C11H18N2O2/c12-8-4-1-5-9-15-13-10-6-2-3-7-11(10)14/h2-3,6-7,13-14H,1,4-5,8-9,12H2. The molecule has 0 heterocycles. The number of hydrogen-bond donors (Lipinski definition) is 3. The van der Waals surface area contributed by atoms with Gasteiger partial charge in [0.2, 0.25) is 0 Å². The molecule has 0 unspecified atom stereocenters. The summed E-state index contributed by atoms with van der Waals surface area (Å²) in [6.07, 6.45) is 3.07. The van der Waals surface area contributed by atoms with Crippen molar-refractivity contribution in [3.8, 4) is 5.75 Å². The summed E-state index contributed by atoms with van der Waals surface area (Å²) in [5, 5.41) is 9.39. The van der Waals surface area contributed by atoms with Crippen molar-refractivity contribution in [3.63, 3.8) is 0 Å². The molecule has 0 atom stereocenters. The Bertz CT molecular complexity index is 279. The van der Waals surface area contributed by atoms with Crippen LogP contribution in [-0.4, -0.2) is 18.3 Å². The third-order valence-corrected chi connectivity index (χ3v) is 2.04. The summed E-state index contributed by atoms with van der Waals surface area (Å²) in [5.74, 6) is 0.194. The van der Waals surface area contributed by atoms with Gasteiger partial charge in [0.25, 0.3) is 0 Å². The molecule has 0 aliphatic carbocycles. The number of benzene rings is 1. The van der Waals surface area contributed by atoms with E-state index in [0.717, 1.165) is 25.8 Å². The van der Waals surface area contributed by atoms with Crippen molar-refractivity contribution in [1.29, 1.82) is 0 Å². The highest BCUT2D eigenvalue weighted by atomic mass is 16.6. The molecule has 84 valence electrons. The second-order valence-electron chi connectivity index (χ2n) is 3.32. The number of unbranched alkanes of at least 4 members (excludes halogenated alkanes) is 2. The van der Waals surface area contributed by atoms with Gasteiger partial charge in [-0.1, -0.05) is 12.1 Å². The predicted molar refractivity (Wildman–Crippen MR) is 60.6 cm³/mol. The van der Waals surface area contributed by atoms with Crippen LogP contribution < -0.4 is 11.2 Å². The highest BCUT2D eigenvalue weighted by Gasteiger charge is 1.97. The van der Waals surface area contributed by atoms with Crippen LogP contribution >= 0.6 is 0 Å². The van der Waals surface area contributed by atoms with Crippen LogP contribution in [-0.2, 0) is 4.84 Å². The van der Waals surface area contributed by atoms with Gasteiger partial charge in [0.1, 0.15) is 11.4 Å². The number of para-hydroxylation sites is 2. The molecule has 0 bridgehead atoms. The van der Waals surface area contributed by atoms with Crippen LogP contribution in [0.5, 0.6) is 5.75 Å². The number of phenols is 1. The van der Waals surface area contributed by atoms with E-state index < -0.39 is 0 Å². The number of hydrogen-bond acceptors (Lipinski definition) is 4. The Morgan fingerprint density at radius 2 is 2.00 bits per heavy atom. The number of rotatable bonds is 7. The highest BCUT2D eigenvalue weighted by Crippen LogP contribution is 2.21. The molecular weight excluding hydrogens is 192 g/mol. The SMILES string of the molecule is NCCCCCONc1ccccc1O. The van der Waals surface area contributed by atoms with Gasteiger partial charge in [-0.25, -0.2) is 0 Å². The summed E-state index contributed by atoms with van der Waals surface area (Å²) < 4.78 is 0. The predicted octanol–water partition coefficient (Wildman–Crippen LogP) is 1.86. The largest absolute Gasteiger partial charge is 0.506 e. The zero-order valence-corrected chi connectivity index (χ0v) is 8.78. The normalized spacial score (nSPS) is 10.2. The van der Waals surface area contributed by atoms with Crippen LogP contribution in [0.15, 0.2) is 24.3 Å². The number of nitrogens with two attached hydrogens (primary N) is 1.